The number of hydrogen-bond acceptors (Lipinski definition) is 4. The number of anilines is 1. The monoisotopic (exact) mass is 136 g/mol. The number of nitrogens with two attached hydrogens (primary N) is 1. The molecule has 0 spiro atoms. The van der Waals surface area contributed by atoms with Crippen molar-refractivity contribution in [3.63, 3.8) is 0 Å². The maximum atomic E-state index is 5.35. The second-order valence-corrected chi connectivity index (χ2v) is 2.33. The lowest BCUT2D eigenvalue weighted by atomic mass is 10.3. The fourth-order valence-electron chi connectivity index (χ4n) is 0.796. The lowest BCUT2D eigenvalue weighted by Crippen LogP contribution is -1.95. The molecule has 52 valence electrons. The summed E-state index contributed by atoms with van der Waals surface area (Å²) < 4.78 is 0. The van der Waals surface area contributed by atoms with Gasteiger partial charge in [-0.2, -0.15) is 0 Å². The molecule has 2 heterocycles. The maximum Gasteiger partial charge on any atom is 0.141 e. The summed E-state index contributed by atoms with van der Waals surface area (Å²) in [5.41, 5.74) is 6.33. The molecule has 1 unspecified atom stereocenters. The van der Waals surface area contributed by atoms with E-state index in [1.54, 1.807) is 12.4 Å². The molecule has 1 aromatic heterocycles. The number of nitrogens with one attached hydrogen (secondary N) is 1. The van der Waals surface area contributed by atoms with Crippen molar-refractivity contribution in [2.45, 2.75) is 6.04 Å². The molecule has 0 radical (unpaired) electrons. The quantitative estimate of drug-likeness (QED) is 0.520. The average molecular weight is 136 g/mol. The van der Waals surface area contributed by atoms with Crippen molar-refractivity contribution in [1.29, 1.82) is 0 Å². The largest absolute Gasteiger partial charge is 0.382 e. The van der Waals surface area contributed by atoms with Crippen LogP contribution in [0.5, 0.6) is 0 Å². The maximum absolute atomic E-state index is 5.35. The highest BCUT2D eigenvalue weighted by Crippen LogP contribution is 2.17. The minimum atomic E-state index is 0.424. The summed E-state index contributed by atoms with van der Waals surface area (Å²) in [5.74, 6) is 0.476. The molecule has 0 aromatic carbocycles. The first-order valence-corrected chi connectivity index (χ1v) is 3.17. The van der Waals surface area contributed by atoms with Gasteiger partial charge >= 0.3 is 0 Å². The van der Waals surface area contributed by atoms with E-state index in [4.69, 9.17) is 5.73 Å². The van der Waals surface area contributed by atoms with Crippen LogP contribution < -0.4 is 11.1 Å². The molecule has 0 bridgehead atoms. The molecule has 3 N–H and O–H groups in total. The molecule has 10 heavy (non-hydrogen) atoms. The number of nitrogen functional groups attached to an aromatic ring is 1. The van der Waals surface area contributed by atoms with Gasteiger partial charge in [-0.15, -0.1) is 0 Å². The molecule has 1 aliphatic heterocycles. The van der Waals surface area contributed by atoms with Gasteiger partial charge in [0.2, 0.25) is 0 Å². The minimum Gasteiger partial charge on any atom is -0.382 e. The number of hydrogen-bond donors (Lipinski definition) is 2. The molecule has 4 nitrogen and oxygen atoms in total. The highest BCUT2D eigenvalue weighted by Gasteiger charge is 2.23. The Bertz CT molecular complexity index is 226. The van der Waals surface area contributed by atoms with E-state index in [0.717, 1.165) is 12.2 Å². The van der Waals surface area contributed by atoms with E-state index < -0.39 is 0 Å². The highest BCUT2D eigenvalue weighted by molar-refractivity contribution is 5.24. The van der Waals surface area contributed by atoms with Crippen LogP contribution in [-0.4, -0.2) is 16.5 Å². The molecule has 4 heteroatoms. The van der Waals surface area contributed by atoms with Crippen molar-refractivity contribution in [1.82, 2.24) is 15.3 Å². The predicted octanol–water partition coefficient (Wildman–Crippen LogP) is -0.297. The summed E-state index contributed by atoms with van der Waals surface area (Å²) in [7, 11) is 0. The molecule has 0 amide bonds. The van der Waals surface area contributed by atoms with Crippen molar-refractivity contribution in [2.75, 3.05) is 12.3 Å². The van der Waals surface area contributed by atoms with Gasteiger partial charge in [-0.25, -0.2) is 4.98 Å². The fraction of sp³-hybridized carbons (Fsp3) is 0.333. The van der Waals surface area contributed by atoms with Gasteiger partial charge < -0.3 is 11.1 Å². The molecule has 1 atom stereocenters. The lowest BCUT2D eigenvalue weighted by molar-refractivity contribution is 0.969. The summed E-state index contributed by atoms with van der Waals surface area (Å²) >= 11 is 0. The minimum absolute atomic E-state index is 0.424. The Morgan fingerprint density at radius 2 is 2.30 bits per heavy atom. The third-order valence-corrected chi connectivity index (χ3v) is 1.46. The van der Waals surface area contributed by atoms with E-state index in [2.05, 4.69) is 15.3 Å². The van der Waals surface area contributed by atoms with Crippen molar-refractivity contribution in [2.24, 2.45) is 0 Å². The summed E-state index contributed by atoms with van der Waals surface area (Å²) in [4.78, 5) is 8.01. The summed E-state index contributed by atoms with van der Waals surface area (Å²) in [6, 6.07) is 0.424. The predicted molar refractivity (Wildman–Crippen MR) is 37.2 cm³/mol. The van der Waals surface area contributed by atoms with Crippen LogP contribution in [0.1, 0.15) is 11.7 Å². The molecule has 1 aliphatic rings. The fourth-order valence-corrected chi connectivity index (χ4v) is 0.796. The second kappa shape index (κ2) is 1.91. The van der Waals surface area contributed by atoms with Crippen LogP contribution >= 0.6 is 0 Å². The van der Waals surface area contributed by atoms with Gasteiger partial charge in [0.1, 0.15) is 5.82 Å². The zero-order valence-electron chi connectivity index (χ0n) is 5.41. The molecule has 0 aliphatic carbocycles. The zero-order valence-corrected chi connectivity index (χ0v) is 5.41. The van der Waals surface area contributed by atoms with E-state index >= 15 is 0 Å². The smallest absolute Gasteiger partial charge is 0.141 e. The van der Waals surface area contributed by atoms with Crippen LogP contribution in [0.4, 0.5) is 5.82 Å². The van der Waals surface area contributed by atoms with Crippen molar-refractivity contribution >= 4 is 5.82 Å². The van der Waals surface area contributed by atoms with E-state index in [9.17, 15) is 0 Å². The Morgan fingerprint density at radius 1 is 1.50 bits per heavy atom. The van der Waals surface area contributed by atoms with Crippen LogP contribution in [-0.2, 0) is 0 Å². The molecule has 2 rings (SSSR count). The number of nitrogens with zero attached hydrogens (tertiary/aromatic N) is 2. The van der Waals surface area contributed by atoms with Gasteiger partial charge in [0.25, 0.3) is 0 Å². The van der Waals surface area contributed by atoms with Crippen LogP contribution in [0, 0.1) is 0 Å². The van der Waals surface area contributed by atoms with Gasteiger partial charge in [0.05, 0.1) is 24.1 Å². The highest BCUT2D eigenvalue weighted by atomic mass is 15.1. The van der Waals surface area contributed by atoms with Gasteiger partial charge in [0, 0.05) is 6.54 Å². The first kappa shape index (κ1) is 5.61. The van der Waals surface area contributed by atoms with E-state index in [1.807, 2.05) is 0 Å². The van der Waals surface area contributed by atoms with Crippen molar-refractivity contribution in [3.8, 4) is 0 Å². The summed E-state index contributed by atoms with van der Waals surface area (Å²) in [6.07, 6.45) is 3.29. The topological polar surface area (TPSA) is 73.7 Å². The Kier molecular flexibility index (Phi) is 1.07. The number of rotatable bonds is 1. The van der Waals surface area contributed by atoms with Crippen LogP contribution in [0.25, 0.3) is 0 Å². The molecule has 1 aromatic rings. The standard InChI is InChI=1S/C6H8N4/c7-6-3-9-5(2-10-6)4-1-8-4/h2-4,8H,1H2,(H2,7,10). The van der Waals surface area contributed by atoms with E-state index in [1.165, 1.54) is 0 Å². The first-order chi connectivity index (χ1) is 4.86. The third kappa shape index (κ3) is 0.930. The van der Waals surface area contributed by atoms with E-state index in [0.29, 0.717) is 11.9 Å². The normalized spacial score (nSPS) is 22.6. The molecule has 0 saturated carbocycles. The third-order valence-electron chi connectivity index (χ3n) is 1.46. The molecule has 1 fully saturated rings. The lowest BCUT2D eigenvalue weighted by Gasteiger charge is -1.93. The average Bonchev–Trinajstić information content (AvgIpc) is 2.71. The van der Waals surface area contributed by atoms with Gasteiger partial charge in [0.15, 0.2) is 0 Å². The van der Waals surface area contributed by atoms with Crippen molar-refractivity contribution in [3.05, 3.63) is 18.1 Å². The molecular formula is C6H8N4. The van der Waals surface area contributed by atoms with Crippen LogP contribution in [0.3, 0.4) is 0 Å². The van der Waals surface area contributed by atoms with E-state index in [-0.39, 0.29) is 0 Å². The summed E-state index contributed by atoms with van der Waals surface area (Å²) in [5, 5.41) is 3.13. The molecular weight excluding hydrogens is 128 g/mol. The van der Waals surface area contributed by atoms with Crippen molar-refractivity contribution < 1.29 is 0 Å². The Morgan fingerprint density at radius 3 is 2.80 bits per heavy atom. The van der Waals surface area contributed by atoms with Crippen LogP contribution in [0.2, 0.25) is 0 Å². The van der Waals surface area contributed by atoms with Gasteiger partial charge in [-0.3, -0.25) is 4.98 Å². The Hall–Kier alpha value is -1.16. The van der Waals surface area contributed by atoms with Gasteiger partial charge in [-0.05, 0) is 0 Å². The molecule has 1 saturated heterocycles. The Labute approximate surface area is 58.5 Å². The summed E-state index contributed by atoms with van der Waals surface area (Å²) in [6.45, 7) is 1.01. The Balaban J connectivity index is 2.28. The van der Waals surface area contributed by atoms with Crippen LogP contribution in [0.15, 0.2) is 12.4 Å². The zero-order chi connectivity index (χ0) is 6.97. The van der Waals surface area contributed by atoms with Gasteiger partial charge in [-0.1, -0.05) is 0 Å². The first-order valence-electron chi connectivity index (χ1n) is 3.17. The second-order valence-electron chi connectivity index (χ2n) is 2.33. The number of aromatic nitrogens is 2. The SMILES string of the molecule is Nc1cnc(C2CN2)cn1.